The Bertz CT molecular complexity index is 1130. The predicted molar refractivity (Wildman–Crippen MR) is 123 cm³/mol. The van der Waals surface area contributed by atoms with Gasteiger partial charge in [-0.3, -0.25) is 9.59 Å². The first-order chi connectivity index (χ1) is 14.4. The molecule has 30 heavy (non-hydrogen) atoms. The Balaban J connectivity index is 1.38. The van der Waals surface area contributed by atoms with Crippen molar-refractivity contribution in [3.63, 3.8) is 0 Å². The van der Waals surface area contributed by atoms with Crippen LogP contribution in [0.5, 0.6) is 0 Å². The second kappa shape index (κ2) is 8.57. The summed E-state index contributed by atoms with van der Waals surface area (Å²) in [6.07, 6.45) is 5.07. The van der Waals surface area contributed by atoms with Gasteiger partial charge in [0.2, 0.25) is 0 Å². The number of thiophene rings is 1. The van der Waals surface area contributed by atoms with Crippen LogP contribution in [0.2, 0.25) is 0 Å². The van der Waals surface area contributed by atoms with Crippen LogP contribution in [0.15, 0.2) is 30.5 Å². The maximum Gasteiger partial charge on any atom is 0.262 e. The van der Waals surface area contributed by atoms with Crippen LogP contribution in [0.4, 0.5) is 5.00 Å². The number of hydrogen-bond acceptors (Lipinski definition) is 5. The smallest absolute Gasteiger partial charge is 0.262 e. The molecule has 8 heteroatoms. The highest BCUT2D eigenvalue weighted by molar-refractivity contribution is 7.80. The Hall–Kier alpha value is -2.71. The van der Waals surface area contributed by atoms with Crippen LogP contribution >= 0.6 is 23.6 Å². The number of anilines is 1. The van der Waals surface area contributed by atoms with Gasteiger partial charge < -0.3 is 20.8 Å². The van der Waals surface area contributed by atoms with Crippen molar-refractivity contribution in [2.75, 3.05) is 11.9 Å². The number of carbonyl (C=O) groups is 2. The van der Waals surface area contributed by atoms with Gasteiger partial charge in [0.1, 0.15) is 5.00 Å². The molecule has 1 aromatic carbocycles. The van der Waals surface area contributed by atoms with Gasteiger partial charge in [0.15, 0.2) is 11.7 Å². The summed E-state index contributed by atoms with van der Waals surface area (Å²) in [4.78, 5) is 28.8. The molecule has 1 atom stereocenters. The summed E-state index contributed by atoms with van der Waals surface area (Å²) in [6, 6.07) is 7.94. The highest BCUT2D eigenvalue weighted by atomic mass is 32.1. The van der Waals surface area contributed by atoms with Crippen LogP contribution < -0.4 is 11.1 Å². The minimum atomic E-state index is -0.506. The van der Waals surface area contributed by atoms with Crippen molar-refractivity contribution in [1.82, 2.24) is 4.98 Å². The summed E-state index contributed by atoms with van der Waals surface area (Å²) < 4.78 is 5.51. The lowest BCUT2D eigenvalue weighted by Crippen LogP contribution is -2.23. The van der Waals surface area contributed by atoms with E-state index in [1.807, 2.05) is 30.5 Å². The first-order valence-electron chi connectivity index (χ1n) is 9.87. The number of thiocarbonyl (C=S) groups is 1. The second-order valence-corrected chi connectivity index (χ2v) is 9.23. The lowest BCUT2D eigenvalue weighted by molar-refractivity contribution is -0.118. The van der Waals surface area contributed by atoms with Gasteiger partial charge in [-0.15, -0.1) is 11.3 Å². The Morgan fingerprint density at radius 1 is 1.37 bits per heavy atom. The maximum absolute atomic E-state index is 12.4. The van der Waals surface area contributed by atoms with Gasteiger partial charge >= 0.3 is 0 Å². The number of amides is 2. The number of primary amides is 1. The fourth-order valence-corrected chi connectivity index (χ4v) is 5.54. The van der Waals surface area contributed by atoms with E-state index < -0.39 is 5.91 Å². The molecule has 0 radical (unpaired) electrons. The van der Waals surface area contributed by atoms with E-state index >= 15 is 0 Å². The molecule has 2 amide bonds. The maximum atomic E-state index is 12.4. The van der Waals surface area contributed by atoms with E-state index in [-0.39, 0.29) is 12.5 Å². The lowest BCUT2D eigenvalue weighted by atomic mass is 9.88. The largest absolute Gasteiger partial charge is 0.477 e. The fourth-order valence-electron chi connectivity index (χ4n) is 3.89. The highest BCUT2D eigenvalue weighted by Crippen LogP contribution is 2.39. The topological polar surface area (TPSA) is 97.2 Å². The number of aromatic nitrogens is 1. The third-order valence-electron chi connectivity index (χ3n) is 5.38. The minimum absolute atomic E-state index is 0.210. The van der Waals surface area contributed by atoms with Crippen LogP contribution in [0.1, 0.15) is 39.7 Å². The van der Waals surface area contributed by atoms with Gasteiger partial charge in [-0.1, -0.05) is 25.1 Å². The molecule has 6 nitrogen and oxygen atoms in total. The molecule has 2 heterocycles. The van der Waals surface area contributed by atoms with Crippen molar-refractivity contribution in [2.24, 2.45) is 11.7 Å². The first-order valence-corrected chi connectivity index (χ1v) is 11.1. The molecular formula is C22H23N3O3S2. The van der Waals surface area contributed by atoms with Crippen molar-refractivity contribution in [3.05, 3.63) is 52.0 Å². The monoisotopic (exact) mass is 441 g/mol. The summed E-state index contributed by atoms with van der Waals surface area (Å²) in [7, 11) is 0. The van der Waals surface area contributed by atoms with Gasteiger partial charge in [0, 0.05) is 28.4 Å². The zero-order valence-corrected chi connectivity index (χ0v) is 18.3. The SMILES string of the molecule is CC1CCc2c(sc(NC(=O)COC(=S)Cc3c[nH]c4ccccc34)c2C(N)=O)C1. The van der Waals surface area contributed by atoms with Crippen LogP contribution in [0, 0.1) is 5.92 Å². The van der Waals surface area contributed by atoms with Crippen LogP contribution in [0.3, 0.4) is 0 Å². The first kappa shape index (κ1) is 20.6. The number of nitrogens with one attached hydrogen (secondary N) is 2. The van der Waals surface area contributed by atoms with E-state index in [1.54, 1.807) is 0 Å². The van der Waals surface area contributed by atoms with E-state index in [0.29, 0.717) is 28.0 Å². The minimum Gasteiger partial charge on any atom is -0.477 e. The molecule has 0 saturated carbocycles. The fraction of sp³-hybridized carbons (Fsp3) is 0.318. The van der Waals surface area contributed by atoms with Gasteiger partial charge in [0.05, 0.1) is 5.56 Å². The van der Waals surface area contributed by atoms with Crippen molar-refractivity contribution in [1.29, 1.82) is 0 Å². The Kier molecular flexibility index (Phi) is 5.87. The summed E-state index contributed by atoms with van der Waals surface area (Å²) >= 11 is 6.75. The Labute approximate surface area is 183 Å². The average Bonchev–Trinajstić information content (AvgIpc) is 3.27. The highest BCUT2D eigenvalue weighted by Gasteiger charge is 2.27. The van der Waals surface area contributed by atoms with E-state index in [4.69, 9.17) is 22.7 Å². The molecular weight excluding hydrogens is 418 g/mol. The summed E-state index contributed by atoms with van der Waals surface area (Å²) in [5, 5.41) is 4.73. The molecule has 3 aromatic rings. The number of H-pyrrole nitrogens is 1. The summed E-state index contributed by atoms with van der Waals surface area (Å²) in [5.41, 5.74) is 9.07. The number of para-hydroxylation sites is 1. The normalized spacial score (nSPS) is 15.6. The molecule has 0 saturated heterocycles. The molecule has 1 unspecified atom stereocenters. The predicted octanol–water partition coefficient (Wildman–Crippen LogP) is 3.98. The Morgan fingerprint density at radius 2 is 2.17 bits per heavy atom. The molecule has 0 spiro atoms. The van der Waals surface area contributed by atoms with Crippen molar-refractivity contribution in [2.45, 2.75) is 32.6 Å². The molecule has 4 rings (SSSR count). The number of carbonyl (C=O) groups excluding carboxylic acids is 2. The van der Waals surface area contributed by atoms with Gasteiger partial charge in [0.25, 0.3) is 11.8 Å². The third-order valence-corrected chi connectivity index (χ3v) is 6.82. The Morgan fingerprint density at radius 3 is 2.97 bits per heavy atom. The zero-order valence-electron chi connectivity index (χ0n) is 16.6. The molecule has 1 aliphatic carbocycles. The summed E-state index contributed by atoms with van der Waals surface area (Å²) in [6.45, 7) is 1.98. The molecule has 1 aliphatic rings. The van der Waals surface area contributed by atoms with Crippen LogP contribution in [-0.4, -0.2) is 28.5 Å². The molecule has 2 aromatic heterocycles. The second-order valence-electron chi connectivity index (χ2n) is 7.67. The molecule has 0 bridgehead atoms. The molecule has 156 valence electrons. The number of aromatic amines is 1. The molecule has 0 aliphatic heterocycles. The van der Waals surface area contributed by atoms with E-state index in [1.165, 1.54) is 11.3 Å². The van der Waals surface area contributed by atoms with E-state index in [9.17, 15) is 9.59 Å². The van der Waals surface area contributed by atoms with Crippen LogP contribution in [-0.2, 0) is 28.8 Å². The van der Waals surface area contributed by atoms with Crippen LogP contribution in [0.25, 0.3) is 10.9 Å². The van der Waals surface area contributed by atoms with Crippen molar-refractivity contribution in [3.8, 4) is 0 Å². The number of fused-ring (bicyclic) bond motifs is 2. The van der Waals surface area contributed by atoms with E-state index in [0.717, 1.165) is 46.2 Å². The van der Waals surface area contributed by atoms with Crippen molar-refractivity contribution >= 4 is 56.3 Å². The van der Waals surface area contributed by atoms with Gasteiger partial charge in [-0.2, -0.15) is 0 Å². The number of ether oxygens (including phenoxy) is 1. The number of nitrogens with two attached hydrogens (primary N) is 1. The zero-order chi connectivity index (χ0) is 21.3. The van der Waals surface area contributed by atoms with E-state index in [2.05, 4.69) is 17.2 Å². The number of hydrogen-bond donors (Lipinski definition) is 3. The lowest BCUT2D eigenvalue weighted by Gasteiger charge is -2.18. The number of benzene rings is 1. The van der Waals surface area contributed by atoms with Gasteiger partial charge in [-0.25, -0.2) is 0 Å². The number of rotatable bonds is 6. The average molecular weight is 442 g/mol. The summed E-state index contributed by atoms with van der Waals surface area (Å²) in [5.74, 6) is -0.302. The van der Waals surface area contributed by atoms with Gasteiger partial charge in [-0.05, 0) is 54.6 Å². The standard InChI is InChI=1S/C22H23N3O3S2/c1-12-6-7-15-17(8-12)30-22(20(15)21(23)27)25-18(26)11-28-19(29)9-13-10-24-16-5-3-2-4-14(13)16/h2-5,10,12,24H,6-9,11H2,1H3,(H2,23,27)(H,25,26). The van der Waals surface area contributed by atoms with Crippen molar-refractivity contribution < 1.29 is 14.3 Å². The third kappa shape index (κ3) is 4.24. The molecule has 0 fully saturated rings. The molecule has 4 N–H and O–H groups in total. The quantitative estimate of drug-likeness (QED) is 0.504.